The van der Waals surface area contributed by atoms with Crippen LogP contribution in [0.2, 0.25) is 0 Å². The van der Waals surface area contributed by atoms with Crippen molar-refractivity contribution in [2.45, 2.75) is 44.3 Å². The van der Waals surface area contributed by atoms with Crippen LogP contribution in [0.5, 0.6) is 0 Å². The lowest BCUT2D eigenvalue weighted by Gasteiger charge is -2.22. The number of rotatable bonds is 5. The molecule has 1 saturated heterocycles. The summed E-state index contributed by atoms with van der Waals surface area (Å²) in [5.41, 5.74) is 5.58. The molecule has 3 unspecified atom stereocenters. The minimum atomic E-state index is -3.64. The minimum Gasteiger partial charge on any atom is -0.465 e. The molecule has 0 spiro atoms. The fourth-order valence-corrected chi connectivity index (χ4v) is 3.80. The number of carbonyl (C=O) groups is 1. The summed E-state index contributed by atoms with van der Waals surface area (Å²) < 4.78 is 32.8. The Hall–Kier alpha value is -0.700. The van der Waals surface area contributed by atoms with Gasteiger partial charge in [-0.25, -0.2) is 0 Å². The molecule has 8 heteroatoms. The van der Waals surface area contributed by atoms with E-state index in [1.165, 1.54) is 4.31 Å². The van der Waals surface area contributed by atoms with Crippen LogP contribution in [-0.2, 0) is 19.7 Å². The normalized spacial score (nSPS) is 32.4. The number of hydrogen-bond acceptors (Lipinski definition) is 5. The largest absolute Gasteiger partial charge is 0.465 e. The second-order valence-electron chi connectivity index (χ2n) is 4.65. The van der Waals surface area contributed by atoms with Gasteiger partial charge in [0.1, 0.15) is 6.04 Å². The summed E-state index contributed by atoms with van der Waals surface area (Å²) in [5.74, 6) is -0.472. The van der Waals surface area contributed by atoms with Gasteiger partial charge in [-0.15, -0.1) is 0 Å². The molecule has 1 saturated carbocycles. The van der Waals surface area contributed by atoms with Crippen molar-refractivity contribution in [2.24, 2.45) is 5.73 Å². The molecule has 18 heavy (non-hydrogen) atoms. The van der Waals surface area contributed by atoms with Crippen molar-refractivity contribution >= 4 is 16.2 Å². The Labute approximate surface area is 107 Å². The Morgan fingerprint density at radius 1 is 1.56 bits per heavy atom. The maximum Gasteiger partial charge on any atom is 0.324 e. The molecule has 2 rings (SSSR count). The Balaban J connectivity index is 2.03. The summed E-state index contributed by atoms with van der Waals surface area (Å²) in [6.45, 7) is 2.30. The highest BCUT2D eigenvalue weighted by molar-refractivity contribution is 7.87. The number of carbonyl (C=O) groups excluding carboxylic acids is 1. The molecule has 0 aromatic rings. The van der Waals surface area contributed by atoms with Crippen LogP contribution in [0, 0.1) is 0 Å². The number of nitrogens with two attached hydrogens (primary N) is 1. The van der Waals surface area contributed by atoms with E-state index >= 15 is 0 Å². The average molecular weight is 277 g/mol. The van der Waals surface area contributed by atoms with Gasteiger partial charge < -0.3 is 10.5 Å². The lowest BCUT2D eigenvalue weighted by atomic mass is 10.2. The second-order valence-corrected chi connectivity index (χ2v) is 6.30. The van der Waals surface area contributed by atoms with Crippen molar-refractivity contribution < 1.29 is 17.9 Å². The van der Waals surface area contributed by atoms with Gasteiger partial charge in [-0.2, -0.15) is 17.4 Å². The van der Waals surface area contributed by atoms with Crippen LogP contribution in [0.15, 0.2) is 0 Å². The fraction of sp³-hybridized carbons (Fsp3) is 0.900. The molecule has 104 valence electrons. The van der Waals surface area contributed by atoms with Crippen LogP contribution in [0.4, 0.5) is 0 Å². The molecule has 3 N–H and O–H groups in total. The predicted molar refractivity (Wildman–Crippen MR) is 64.8 cm³/mol. The zero-order valence-electron chi connectivity index (χ0n) is 10.3. The first-order chi connectivity index (χ1) is 8.45. The van der Waals surface area contributed by atoms with E-state index in [2.05, 4.69) is 4.72 Å². The van der Waals surface area contributed by atoms with Gasteiger partial charge in [-0.05, 0) is 26.2 Å². The van der Waals surface area contributed by atoms with E-state index in [1.807, 2.05) is 0 Å². The highest BCUT2D eigenvalue weighted by Gasteiger charge is 2.44. The molecule has 7 nitrogen and oxygen atoms in total. The summed E-state index contributed by atoms with van der Waals surface area (Å²) >= 11 is 0. The van der Waals surface area contributed by atoms with E-state index in [-0.39, 0.29) is 18.7 Å². The molecular formula is C10H19N3O4S. The van der Waals surface area contributed by atoms with E-state index in [1.54, 1.807) is 6.92 Å². The van der Waals surface area contributed by atoms with Gasteiger partial charge in [-0.3, -0.25) is 4.79 Å². The van der Waals surface area contributed by atoms with Gasteiger partial charge >= 0.3 is 5.97 Å². The van der Waals surface area contributed by atoms with Crippen molar-refractivity contribution in [1.29, 1.82) is 0 Å². The van der Waals surface area contributed by atoms with Gasteiger partial charge in [-0.1, -0.05) is 0 Å². The maximum atomic E-state index is 12.1. The molecule has 0 radical (unpaired) electrons. The highest BCUT2D eigenvalue weighted by Crippen LogP contribution is 2.25. The topological polar surface area (TPSA) is 102 Å². The monoisotopic (exact) mass is 277 g/mol. The third-order valence-electron chi connectivity index (χ3n) is 3.21. The highest BCUT2D eigenvalue weighted by atomic mass is 32.2. The summed E-state index contributed by atoms with van der Waals surface area (Å²) in [5, 5.41) is 0. The smallest absolute Gasteiger partial charge is 0.324 e. The van der Waals surface area contributed by atoms with Crippen LogP contribution in [0.25, 0.3) is 0 Å². The second kappa shape index (κ2) is 5.12. The lowest BCUT2D eigenvalue weighted by molar-refractivity contribution is -0.146. The van der Waals surface area contributed by atoms with E-state index < -0.39 is 22.2 Å². The number of ether oxygens (including phenoxy) is 1. The Morgan fingerprint density at radius 3 is 2.78 bits per heavy atom. The zero-order valence-corrected chi connectivity index (χ0v) is 11.1. The molecule has 0 amide bonds. The number of hydrogen-bond donors (Lipinski definition) is 2. The number of nitrogens with zero attached hydrogens (tertiary/aromatic N) is 1. The quantitative estimate of drug-likeness (QED) is 0.624. The molecular weight excluding hydrogens is 258 g/mol. The van der Waals surface area contributed by atoms with Crippen molar-refractivity contribution in [3.05, 3.63) is 0 Å². The van der Waals surface area contributed by atoms with Crippen molar-refractivity contribution in [3.63, 3.8) is 0 Å². The number of esters is 1. The maximum absolute atomic E-state index is 12.1. The molecule has 2 aliphatic rings. The third kappa shape index (κ3) is 2.82. The van der Waals surface area contributed by atoms with E-state index in [0.29, 0.717) is 25.8 Å². The van der Waals surface area contributed by atoms with Gasteiger partial charge in [0, 0.05) is 18.6 Å². The summed E-state index contributed by atoms with van der Waals surface area (Å²) in [6.07, 6.45) is 1.83. The van der Waals surface area contributed by atoms with Crippen molar-refractivity contribution in [1.82, 2.24) is 9.03 Å². The Morgan fingerprint density at radius 2 is 2.22 bits per heavy atom. The Bertz CT molecular complexity index is 425. The average Bonchev–Trinajstić information content (AvgIpc) is 2.83. The van der Waals surface area contributed by atoms with Crippen LogP contribution >= 0.6 is 0 Å². The molecule has 1 heterocycles. The lowest BCUT2D eigenvalue weighted by Crippen LogP contribution is -2.48. The molecule has 0 aromatic carbocycles. The van der Waals surface area contributed by atoms with Crippen molar-refractivity contribution in [3.8, 4) is 0 Å². The molecule has 0 aromatic heterocycles. The molecule has 1 aliphatic carbocycles. The molecule has 0 bridgehead atoms. The molecule has 1 aliphatic heterocycles. The van der Waals surface area contributed by atoms with E-state index in [9.17, 15) is 13.2 Å². The van der Waals surface area contributed by atoms with E-state index in [0.717, 1.165) is 0 Å². The van der Waals surface area contributed by atoms with Gasteiger partial charge in [0.05, 0.1) is 6.61 Å². The first-order valence-corrected chi connectivity index (χ1v) is 7.61. The predicted octanol–water partition coefficient (Wildman–Crippen LogP) is -1.05. The summed E-state index contributed by atoms with van der Waals surface area (Å²) in [6, 6.07) is -1.00. The van der Waals surface area contributed by atoms with Gasteiger partial charge in [0.2, 0.25) is 0 Å². The standard InChI is InChI=1S/C10H19N3O4S/c1-2-17-10(14)9-4-3-5-13(9)18(15,16)12-8-6-7(8)11/h7-9,12H,2-6,11H2,1H3. The van der Waals surface area contributed by atoms with Crippen molar-refractivity contribution in [2.75, 3.05) is 13.2 Å². The third-order valence-corrected chi connectivity index (χ3v) is 4.87. The summed E-state index contributed by atoms with van der Waals surface area (Å²) in [7, 11) is -3.64. The van der Waals surface area contributed by atoms with E-state index in [4.69, 9.17) is 10.5 Å². The first kappa shape index (κ1) is 13.7. The number of nitrogens with one attached hydrogen (secondary N) is 1. The minimum absolute atomic E-state index is 0.108. The SMILES string of the molecule is CCOC(=O)C1CCCN1S(=O)(=O)NC1CC1N. The fourth-order valence-electron chi connectivity index (χ4n) is 2.11. The molecule has 2 fully saturated rings. The van der Waals surface area contributed by atoms with Gasteiger partial charge in [0.25, 0.3) is 10.2 Å². The van der Waals surface area contributed by atoms with Crippen LogP contribution < -0.4 is 10.5 Å². The van der Waals surface area contributed by atoms with Crippen LogP contribution in [0.1, 0.15) is 26.2 Å². The first-order valence-electron chi connectivity index (χ1n) is 6.17. The zero-order chi connectivity index (χ0) is 13.3. The van der Waals surface area contributed by atoms with Crippen LogP contribution in [0.3, 0.4) is 0 Å². The van der Waals surface area contributed by atoms with Crippen LogP contribution in [-0.4, -0.2) is 50.0 Å². The summed E-state index contributed by atoms with van der Waals surface area (Å²) in [4.78, 5) is 11.7. The Kier molecular flexibility index (Phi) is 3.90. The molecule has 3 atom stereocenters. The van der Waals surface area contributed by atoms with Gasteiger partial charge in [0.15, 0.2) is 0 Å².